The van der Waals surface area contributed by atoms with E-state index in [4.69, 9.17) is 16.7 Å². The number of carbonyl (C=O) groups excluding carboxylic acids is 2. The zero-order valence-electron chi connectivity index (χ0n) is 6.52. The monoisotopic (exact) mass is 218 g/mol. The summed E-state index contributed by atoms with van der Waals surface area (Å²) < 4.78 is 0. The molecule has 0 rings (SSSR count). The minimum absolute atomic E-state index is 0.234. The van der Waals surface area contributed by atoms with E-state index >= 15 is 0 Å². The van der Waals surface area contributed by atoms with Crippen LogP contribution in [0, 0.1) is 0 Å². The lowest BCUT2D eigenvalue weighted by atomic mass is 10.2. The molecule has 1 N–H and O–H groups in total. The van der Waals surface area contributed by atoms with Gasteiger partial charge in [0.2, 0.25) is 5.24 Å². The van der Waals surface area contributed by atoms with Crippen LogP contribution in [0.15, 0.2) is 23.5 Å². The normalized spacial score (nSPS) is 12.4. The standard InChI is InChI=1S/C7H5ClO6/c8-5(10)2-3(6(11)12)1-4(9)7(13)14/h1-2,9H,(H,11,12)(H,13,14)/p-2/b3-2+,4-1-. The molecule has 0 aromatic heterocycles. The van der Waals surface area contributed by atoms with Gasteiger partial charge in [0, 0.05) is 11.6 Å². The molecule has 0 atom stereocenters. The number of hydrogen-bond acceptors (Lipinski definition) is 5. The summed E-state index contributed by atoms with van der Waals surface area (Å²) in [4.78, 5) is 30.5. The summed E-state index contributed by atoms with van der Waals surface area (Å²) in [6, 6.07) is 0. The molecule has 0 aromatic rings. The van der Waals surface area contributed by atoms with E-state index in [9.17, 15) is 24.6 Å². The van der Waals surface area contributed by atoms with Gasteiger partial charge in [0.15, 0.2) is 0 Å². The van der Waals surface area contributed by atoms with Gasteiger partial charge in [-0.1, -0.05) is 6.08 Å². The molecule has 0 radical (unpaired) electrons. The van der Waals surface area contributed by atoms with Crippen LogP contribution in [0.5, 0.6) is 0 Å². The third-order valence-electron chi connectivity index (χ3n) is 1.00. The third-order valence-corrected chi connectivity index (χ3v) is 1.11. The average Bonchev–Trinajstić information content (AvgIpc) is 2.01. The van der Waals surface area contributed by atoms with Crippen molar-refractivity contribution in [3.05, 3.63) is 23.5 Å². The summed E-state index contributed by atoms with van der Waals surface area (Å²) in [7, 11) is 0. The Bertz CT molecular complexity index is 340. The van der Waals surface area contributed by atoms with Gasteiger partial charge in [-0.05, 0) is 17.4 Å². The van der Waals surface area contributed by atoms with Crippen molar-refractivity contribution in [3.8, 4) is 0 Å². The molecule has 0 aliphatic carbocycles. The smallest absolute Gasteiger partial charge is 0.320 e. The van der Waals surface area contributed by atoms with Crippen LogP contribution in [-0.4, -0.2) is 22.3 Å². The molecule has 0 saturated carbocycles. The maximum Gasteiger partial charge on any atom is 0.320 e. The molecule has 0 bridgehead atoms. The Morgan fingerprint density at radius 1 is 1.14 bits per heavy atom. The molecular weight excluding hydrogens is 216 g/mol. The molecule has 0 saturated heterocycles. The van der Waals surface area contributed by atoms with Crippen LogP contribution in [0.1, 0.15) is 0 Å². The van der Waals surface area contributed by atoms with E-state index in [1.54, 1.807) is 0 Å². The van der Waals surface area contributed by atoms with Crippen LogP contribution in [0.4, 0.5) is 0 Å². The van der Waals surface area contributed by atoms with Gasteiger partial charge < -0.3 is 20.1 Å². The fourth-order valence-electron chi connectivity index (χ4n) is 0.485. The Labute approximate surface area is 82.7 Å². The molecule has 0 heterocycles. The summed E-state index contributed by atoms with van der Waals surface area (Å²) in [6.45, 7) is 0. The highest BCUT2D eigenvalue weighted by molar-refractivity contribution is 6.66. The van der Waals surface area contributed by atoms with Crippen molar-refractivity contribution >= 4 is 28.8 Å². The van der Waals surface area contributed by atoms with Crippen LogP contribution in [0.2, 0.25) is 0 Å². The summed E-state index contributed by atoms with van der Waals surface area (Å²) in [6.07, 6.45) is 0.607. The first-order valence-corrected chi connectivity index (χ1v) is 3.47. The Morgan fingerprint density at radius 3 is 1.93 bits per heavy atom. The number of aliphatic carboxylic acids is 2. The molecule has 76 valence electrons. The van der Waals surface area contributed by atoms with Crippen molar-refractivity contribution in [2.75, 3.05) is 0 Å². The van der Waals surface area contributed by atoms with E-state index in [0.717, 1.165) is 0 Å². The zero-order valence-corrected chi connectivity index (χ0v) is 7.28. The van der Waals surface area contributed by atoms with Gasteiger partial charge in [-0.3, -0.25) is 4.79 Å². The minimum Gasteiger partial charge on any atom is -0.868 e. The average molecular weight is 219 g/mol. The number of rotatable bonds is 4. The first-order valence-electron chi connectivity index (χ1n) is 3.09. The predicted octanol–water partition coefficient (Wildman–Crippen LogP) is -2.24. The van der Waals surface area contributed by atoms with Gasteiger partial charge >= 0.3 is 5.97 Å². The molecule has 0 unspecified atom stereocenters. The lowest BCUT2D eigenvalue weighted by Gasteiger charge is -2.08. The number of carboxylic acids is 2. The zero-order chi connectivity index (χ0) is 11.3. The molecule has 0 aliphatic rings. The van der Waals surface area contributed by atoms with Gasteiger partial charge in [0.25, 0.3) is 0 Å². The van der Waals surface area contributed by atoms with Crippen molar-refractivity contribution in [2.24, 2.45) is 0 Å². The van der Waals surface area contributed by atoms with Gasteiger partial charge in [-0.25, -0.2) is 4.79 Å². The van der Waals surface area contributed by atoms with Crippen LogP contribution in [0.3, 0.4) is 0 Å². The predicted molar refractivity (Wildman–Crippen MR) is 39.7 cm³/mol. The molecule has 0 aromatic carbocycles. The van der Waals surface area contributed by atoms with E-state index in [1.165, 1.54) is 0 Å². The van der Waals surface area contributed by atoms with Gasteiger partial charge in [0.05, 0.1) is 5.97 Å². The fourth-order valence-corrected chi connectivity index (χ4v) is 0.602. The van der Waals surface area contributed by atoms with E-state index < -0.39 is 28.5 Å². The Balaban J connectivity index is 5.07. The van der Waals surface area contributed by atoms with Crippen molar-refractivity contribution in [3.63, 3.8) is 0 Å². The van der Waals surface area contributed by atoms with Crippen molar-refractivity contribution in [2.45, 2.75) is 0 Å². The van der Waals surface area contributed by atoms with E-state index in [2.05, 4.69) is 0 Å². The Morgan fingerprint density at radius 2 is 1.64 bits per heavy atom. The van der Waals surface area contributed by atoms with Gasteiger partial charge in [-0.15, -0.1) is 0 Å². The fraction of sp³-hybridized carbons (Fsp3) is 0. The number of halogens is 1. The van der Waals surface area contributed by atoms with Gasteiger partial charge in [-0.2, -0.15) is 0 Å². The first kappa shape index (κ1) is 12.2. The van der Waals surface area contributed by atoms with E-state index in [0.29, 0.717) is 6.08 Å². The summed E-state index contributed by atoms with van der Waals surface area (Å²) in [5.74, 6) is -5.20. The second-order valence-electron chi connectivity index (χ2n) is 2.00. The number of carbonyl (C=O) groups is 3. The number of allylic oxidation sites excluding steroid dienone is 1. The second-order valence-corrected chi connectivity index (χ2v) is 2.38. The van der Waals surface area contributed by atoms with Crippen LogP contribution in [0.25, 0.3) is 0 Å². The first-order chi connectivity index (χ1) is 6.34. The molecule has 14 heavy (non-hydrogen) atoms. The highest BCUT2D eigenvalue weighted by Crippen LogP contribution is 2.00. The molecule has 7 heteroatoms. The van der Waals surface area contributed by atoms with Crippen LogP contribution < -0.4 is 10.2 Å². The van der Waals surface area contributed by atoms with Gasteiger partial charge in [0.1, 0.15) is 0 Å². The highest BCUT2D eigenvalue weighted by Gasteiger charge is 2.00. The number of hydrogen-bond donors (Lipinski definition) is 1. The second kappa shape index (κ2) is 5.03. The SMILES string of the molecule is O=C(Cl)/C=C(\C=C(/[O-])C(=O)O)C(=O)[O-]. The van der Waals surface area contributed by atoms with Crippen LogP contribution >= 0.6 is 11.6 Å². The molecule has 0 fully saturated rings. The summed E-state index contributed by atoms with van der Waals surface area (Å²) in [5, 5.41) is 27.7. The maximum absolute atomic E-state index is 10.5. The Hall–Kier alpha value is -1.82. The topological polar surface area (TPSA) is 118 Å². The molecule has 6 nitrogen and oxygen atoms in total. The molecule has 0 spiro atoms. The third kappa shape index (κ3) is 4.27. The molecule has 0 amide bonds. The Kier molecular flexibility index (Phi) is 4.37. The number of carboxylic acid groups (broad SMARTS) is 2. The lowest BCUT2D eigenvalue weighted by molar-refractivity contribution is -0.305. The maximum atomic E-state index is 10.5. The quantitative estimate of drug-likeness (QED) is 0.247. The minimum atomic E-state index is -1.87. The summed E-state index contributed by atoms with van der Waals surface area (Å²) in [5.41, 5.74) is -0.891. The van der Waals surface area contributed by atoms with Crippen molar-refractivity contribution < 1.29 is 29.7 Å². The lowest BCUT2D eigenvalue weighted by Crippen LogP contribution is -2.25. The van der Waals surface area contributed by atoms with Crippen molar-refractivity contribution in [1.29, 1.82) is 0 Å². The van der Waals surface area contributed by atoms with E-state index in [1.807, 2.05) is 0 Å². The summed E-state index contributed by atoms with van der Waals surface area (Å²) >= 11 is 4.79. The van der Waals surface area contributed by atoms with Crippen LogP contribution in [-0.2, 0) is 14.4 Å². The molecular formula is C7H3ClO6-2. The van der Waals surface area contributed by atoms with E-state index in [-0.39, 0.29) is 6.08 Å². The van der Waals surface area contributed by atoms with Crippen molar-refractivity contribution in [1.82, 2.24) is 0 Å². The molecule has 0 aliphatic heterocycles. The highest BCUT2D eigenvalue weighted by atomic mass is 35.5. The largest absolute Gasteiger partial charge is 0.868 e.